The van der Waals surface area contributed by atoms with Crippen molar-refractivity contribution >= 4 is 23.2 Å². The average molecular weight is 415 g/mol. The summed E-state index contributed by atoms with van der Waals surface area (Å²) in [6.45, 7) is 5.31. The lowest BCUT2D eigenvalue weighted by molar-refractivity contribution is -0.132. The summed E-state index contributed by atoms with van der Waals surface area (Å²) in [4.78, 5) is 28.3. The summed E-state index contributed by atoms with van der Waals surface area (Å²) in [5, 5.41) is 2.87. The van der Waals surface area contributed by atoms with Gasteiger partial charge in [-0.2, -0.15) is 0 Å². The highest BCUT2D eigenvalue weighted by Crippen LogP contribution is 2.36. The SMILES string of the molecule is CC1CCCN(C(=O)CCNC(=O)c2ccc(-c3ccc4c(c3)OCCO4)s2)C1. The van der Waals surface area contributed by atoms with Gasteiger partial charge in [0.1, 0.15) is 13.2 Å². The zero-order chi connectivity index (χ0) is 20.2. The largest absolute Gasteiger partial charge is 0.486 e. The van der Waals surface area contributed by atoms with Crippen LogP contribution in [0.1, 0.15) is 35.9 Å². The lowest BCUT2D eigenvalue weighted by Crippen LogP contribution is -2.40. The summed E-state index contributed by atoms with van der Waals surface area (Å²) in [5.41, 5.74) is 0.993. The van der Waals surface area contributed by atoms with Crippen LogP contribution in [-0.2, 0) is 4.79 Å². The highest BCUT2D eigenvalue weighted by Gasteiger charge is 2.21. The Balaban J connectivity index is 1.31. The molecule has 7 heteroatoms. The van der Waals surface area contributed by atoms with Crippen molar-refractivity contribution in [1.82, 2.24) is 10.2 Å². The van der Waals surface area contributed by atoms with Crippen LogP contribution in [0.3, 0.4) is 0 Å². The Labute approximate surface area is 174 Å². The van der Waals surface area contributed by atoms with E-state index in [2.05, 4.69) is 12.2 Å². The zero-order valence-electron chi connectivity index (χ0n) is 16.6. The van der Waals surface area contributed by atoms with Gasteiger partial charge in [0.15, 0.2) is 11.5 Å². The number of carbonyl (C=O) groups excluding carboxylic acids is 2. The Bertz CT molecular complexity index is 895. The quantitative estimate of drug-likeness (QED) is 0.812. The molecule has 2 aliphatic rings. The number of nitrogens with one attached hydrogen (secondary N) is 1. The molecule has 0 saturated carbocycles. The Morgan fingerprint density at radius 3 is 2.83 bits per heavy atom. The molecule has 3 heterocycles. The molecule has 1 aromatic heterocycles. The molecule has 1 saturated heterocycles. The fraction of sp³-hybridized carbons (Fsp3) is 0.455. The first-order valence-electron chi connectivity index (χ1n) is 10.2. The number of ether oxygens (including phenoxy) is 2. The van der Waals surface area contributed by atoms with E-state index < -0.39 is 0 Å². The summed E-state index contributed by atoms with van der Waals surface area (Å²) in [7, 11) is 0. The summed E-state index contributed by atoms with van der Waals surface area (Å²) in [5.74, 6) is 2.03. The fourth-order valence-electron chi connectivity index (χ4n) is 3.76. The van der Waals surface area contributed by atoms with Gasteiger partial charge in [-0.25, -0.2) is 0 Å². The van der Waals surface area contributed by atoms with Crippen molar-refractivity contribution in [3.63, 3.8) is 0 Å². The van der Waals surface area contributed by atoms with E-state index in [9.17, 15) is 9.59 Å². The van der Waals surface area contributed by atoms with Crippen LogP contribution in [0.4, 0.5) is 0 Å². The summed E-state index contributed by atoms with van der Waals surface area (Å²) in [6.07, 6.45) is 2.60. The number of hydrogen-bond acceptors (Lipinski definition) is 5. The molecule has 2 aliphatic heterocycles. The number of likely N-dealkylation sites (tertiary alicyclic amines) is 1. The number of thiophene rings is 1. The van der Waals surface area contributed by atoms with E-state index in [1.165, 1.54) is 17.8 Å². The number of benzene rings is 1. The third-order valence-electron chi connectivity index (χ3n) is 5.29. The average Bonchev–Trinajstić information content (AvgIpc) is 3.23. The topological polar surface area (TPSA) is 67.9 Å². The van der Waals surface area contributed by atoms with Gasteiger partial charge in [-0.15, -0.1) is 11.3 Å². The molecule has 6 nitrogen and oxygen atoms in total. The predicted octanol–water partition coefficient (Wildman–Crippen LogP) is 3.56. The number of rotatable bonds is 5. The Morgan fingerprint density at radius 1 is 1.17 bits per heavy atom. The molecular weight excluding hydrogens is 388 g/mol. The lowest BCUT2D eigenvalue weighted by Gasteiger charge is -2.31. The van der Waals surface area contributed by atoms with E-state index in [-0.39, 0.29) is 11.8 Å². The smallest absolute Gasteiger partial charge is 0.261 e. The summed E-state index contributed by atoms with van der Waals surface area (Å²) in [6, 6.07) is 9.57. The minimum Gasteiger partial charge on any atom is -0.486 e. The molecule has 4 rings (SSSR count). The van der Waals surface area contributed by atoms with Crippen LogP contribution in [0.5, 0.6) is 11.5 Å². The normalized spacial score (nSPS) is 18.4. The third-order valence-corrected chi connectivity index (χ3v) is 6.42. The molecule has 0 spiro atoms. The van der Waals surface area contributed by atoms with Crippen LogP contribution in [-0.4, -0.2) is 49.6 Å². The zero-order valence-corrected chi connectivity index (χ0v) is 17.4. The molecule has 2 aromatic rings. The van der Waals surface area contributed by atoms with Gasteiger partial charge in [0.2, 0.25) is 5.91 Å². The van der Waals surface area contributed by atoms with Crippen molar-refractivity contribution in [2.75, 3.05) is 32.8 Å². The third kappa shape index (κ3) is 4.72. The van der Waals surface area contributed by atoms with E-state index in [1.807, 2.05) is 35.2 Å². The number of hydrogen-bond donors (Lipinski definition) is 1. The first-order valence-corrected chi connectivity index (χ1v) is 11.0. The second-order valence-corrected chi connectivity index (χ2v) is 8.70. The van der Waals surface area contributed by atoms with E-state index in [1.54, 1.807) is 0 Å². The first-order chi connectivity index (χ1) is 14.1. The van der Waals surface area contributed by atoms with Crippen LogP contribution in [0.2, 0.25) is 0 Å². The highest BCUT2D eigenvalue weighted by atomic mass is 32.1. The van der Waals surface area contributed by atoms with E-state index in [0.717, 1.165) is 41.4 Å². The maximum Gasteiger partial charge on any atom is 0.261 e. The first kappa shape index (κ1) is 19.8. The molecule has 1 unspecified atom stereocenters. The minimum atomic E-state index is -0.140. The molecule has 0 aliphatic carbocycles. The number of carbonyl (C=O) groups is 2. The van der Waals surface area contributed by atoms with E-state index >= 15 is 0 Å². The van der Waals surface area contributed by atoms with Gasteiger partial charge in [-0.3, -0.25) is 9.59 Å². The standard InChI is InChI=1S/C22H26N2O4S/c1-15-3-2-10-24(14-15)21(25)8-9-23-22(26)20-7-6-19(29-20)16-4-5-17-18(13-16)28-12-11-27-17/h4-7,13,15H,2-3,8-12,14H2,1H3,(H,23,26). The molecule has 1 atom stereocenters. The Kier molecular flexibility index (Phi) is 6.04. The molecule has 2 amide bonds. The monoisotopic (exact) mass is 414 g/mol. The lowest BCUT2D eigenvalue weighted by atomic mass is 10.00. The molecule has 29 heavy (non-hydrogen) atoms. The Morgan fingerprint density at radius 2 is 2.00 bits per heavy atom. The minimum absolute atomic E-state index is 0.125. The van der Waals surface area contributed by atoms with E-state index in [0.29, 0.717) is 37.0 Å². The maximum absolute atomic E-state index is 12.5. The van der Waals surface area contributed by atoms with Crippen molar-refractivity contribution in [3.8, 4) is 21.9 Å². The van der Waals surface area contributed by atoms with Gasteiger partial charge < -0.3 is 19.7 Å². The molecule has 154 valence electrons. The van der Waals surface area contributed by atoms with Gasteiger partial charge in [0.25, 0.3) is 5.91 Å². The van der Waals surface area contributed by atoms with Crippen LogP contribution in [0, 0.1) is 5.92 Å². The maximum atomic E-state index is 12.5. The molecular formula is C22H26N2O4S. The van der Waals surface area contributed by atoms with Gasteiger partial charge in [0, 0.05) is 30.9 Å². The number of nitrogens with zero attached hydrogens (tertiary/aromatic N) is 1. The van der Waals surface area contributed by atoms with Crippen LogP contribution in [0.25, 0.3) is 10.4 Å². The van der Waals surface area contributed by atoms with Crippen molar-refractivity contribution in [2.24, 2.45) is 5.92 Å². The van der Waals surface area contributed by atoms with Gasteiger partial charge >= 0.3 is 0 Å². The van der Waals surface area contributed by atoms with Gasteiger partial charge in [0.05, 0.1) is 4.88 Å². The molecule has 0 bridgehead atoms. The van der Waals surface area contributed by atoms with Crippen molar-refractivity contribution in [2.45, 2.75) is 26.2 Å². The van der Waals surface area contributed by atoms with Crippen molar-refractivity contribution in [3.05, 3.63) is 35.2 Å². The van der Waals surface area contributed by atoms with Gasteiger partial charge in [-0.1, -0.05) is 6.92 Å². The molecule has 1 N–H and O–H groups in total. The fourth-order valence-corrected chi connectivity index (χ4v) is 4.67. The van der Waals surface area contributed by atoms with Crippen LogP contribution < -0.4 is 14.8 Å². The van der Waals surface area contributed by atoms with Crippen molar-refractivity contribution in [1.29, 1.82) is 0 Å². The van der Waals surface area contributed by atoms with E-state index in [4.69, 9.17) is 9.47 Å². The van der Waals surface area contributed by atoms with Crippen molar-refractivity contribution < 1.29 is 19.1 Å². The molecule has 1 aromatic carbocycles. The number of fused-ring (bicyclic) bond motifs is 1. The predicted molar refractivity (Wildman–Crippen MR) is 113 cm³/mol. The number of piperidine rings is 1. The summed E-state index contributed by atoms with van der Waals surface area (Å²) < 4.78 is 11.2. The second kappa shape index (κ2) is 8.86. The van der Waals surface area contributed by atoms with Gasteiger partial charge in [-0.05, 0) is 54.7 Å². The molecule has 0 radical (unpaired) electrons. The Hall–Kier alpha value is -2.54. The summed E-state index contributed by atoms with van der Waals surface area (Å²) >= 11 is 1.43. The number of amides is 2. The second-order valence-electron chi connectivity index (χ2n) is 7.62. The van der Waals surface area contributed by atoms with Crippen LogP contribution in [0.15, 0.2) is 30.3 Å². The highest BCUT2D eigenvalue weighted by molar-refractivity contribution is 7.17. The molecule has 1 fully saturated rings. The van der Waals surface area contributed by atoms with Crippen LogP contribution >= 0.6 is 11.3 Å².